The van der Waals surface area contributed by atoms with Gasteiger partial charge in [-0.05, 0) is 78.6 Å². The van der Waals surface area contributed by atoms with Gasteiger partial charge in [0.05, 0.1) is 12.0 Å². The quantitative estimate of drug-likeness (QED) is 0.325. The number of hydrogen-bond donors (Lipinski definition) is 0. The Labute approximate surface area is 175 Å². The predicted octanol–water partition coefficient (Wildman–Crippen LogP) is 6.74. The fourth-order valence-electron chi connectivity index (χ4n) is 3.56. The molecule has 0 unspecified atom stereocenters. The summed E-state index contributed by atoms with van der Waals surface area (Å²) in [6.45, 7) is 9.62. The summed E-state index contributed by atoms with van der Waals surface area (Å²) in [6.07, 6.45) is 3.91. The molecule has 0 spiro atoms. The smallest absolute Gasteiger partial charge is 0.0909 e. The molecule has 3 aromatic rings. The van der Waals surface area contributed by atoms with Gasteiger partial charge in [0, 0.05) is 13.6 Å². The highest BCUT2D eigenvalue weighted by atomic mass is 15.1. The van der Waals surface area contributed by atoms with Crippen LogP contribution in [0.4, 0.5) is 5.69 Å². The molecule has 0 bridgehead atoms. The average Bonchev–Trinajstić information content (AvgIpc) is 2.75. The van der Waals surface area contributed by atoms with Crippen LogP contribution >= 0.6 is 0 Å². The third-order valence-electron chi connectivity index (χ3n) is 5.61. The monoisotopic (exact) mass is 384 g/mol. The number of hydrogen-bond acceptors (Lipinski definition) is 1. The minimum atomic E-state index is 0.946. The fourth-order valence-corrected chi connectivity index (χ4v) is 3.56. The Morgan fingerprint density at radius 3 is 2.28 bits per heavy atom. The molecule has 0 aliphatic heterocycles. The number of rotatable bonds is 7. The average molecular weight is 385 g/mol. The van der Waals surface area contributed by atoms with Gasteiger partial charge in [0.1, 0.15) is 0 Å². The molecule has 0 amide bonds. The molecule has 0 N–H and O–H groups in total. The van der Waals surface area contributed by atoms with Crippen LogP contribution in [-0.4, -0.2) is 24.8 Å². The molecule has 0 fully saturated rings. The molecule has 0 saturated heterocycles. The normalized spacial score (nSPS) is 11.2. The first-order chi connectivity index (χ1) is 14.0. The highest BCUT2D eigenvalue weighted by Crippen LogP contribution is 2.27. The van der Waals surface area contributed by atoms with Crippen molar-refractivity contribution in [1.82, 2.24) is 4.90 Å². The lowest BCUT2D eigenvalue weighted by atomic mass is 9.94. The lowest BCUT2D eigenvalue weighted by Crippen LogP contribution is -2.14. The number of aryl methyl sites for hydroxylation is 3. The molecular weight excluding hydrogens is 352 g/mol. The second-order valence-electron chi connectivity index (χ2n) is 7.77. The third kappa shape index (κ3) is 5.14. The Hall–Kier alpha value is -2.87. The zero-order valence-corrected chi connectivity index (χ0v) is 18.4. The standard InChI is InChI=1S/C27H32N2/c1-6-23-10-8-9-11-26(23)24-14-12-22(13-15-24)18-25-16-21(4)27(17-20(25)3)28-19-29(5)7-2/h8-17,19H,6-7,18H2,1-5H3. The van der Waals surface area contributed by atoms with Crippen molar-refractivity contribution >= 4 is 12.0 Å². The van der Waals surface area contributed by atoms with E-state index in [0.29, 0.717) is 0 Å². The number of aliphatic imine (C=N–C) groups is 1. The van der Waals surface area contributed by atoms with Gasteiger partial charge in [-0.2, -0.15) is 0 Å². The molecule has 0 aliphatic rings. The van der Waals surface area contributed by atoms with Crippen LogP contribution in [0.15, 0.2) is 65.7 Å². The zero-order valence-electron chi connectivity index (χ0n) is 18.4. The Morgan fingerprint density at radius 1 is 0.862 bits per heavy atom. The summed E-state index contributed by atoms with van der Waals surface area (Å²) in [7, 11) is 2.04. The van der Waals surface area contributed by atoms with Crippen molar-refractivity contribution < 1.29 is 0 Å². The van der Waals surface area contributed by atoms with E-state index in [0.717, 1.165) is 25.1 Å². The van der Waals surface area contributed by atoms with Crippen LogP contribution in [0.3, 0.4) is 0 Å². The largest absolute Gasteiger partial charge is 0.366 e. The van der Waals surface area contributed by atoms with E-state index in [1.165, 1.54) is 38.9 Å². The highest BCUT2D eigenvalue weighted by molar-refractivity contribution is 5.68. The van der Waals surface area contributed by atoms with E-state index >= 15 is 0 Å². The van der Waals surface area contributed by atoms with E-state index in [4.69, 9.17) is 0 Å². The van der Waals surface area contributed by atoms with Crippen molar-refractivity contribution in [1.29, 1.82) is 0 Å². The predicted molar refractivity (Wildman–Crippen MR) is 126 cm³/mol. The van der Waals surface area contributed by atoms with Crippen molar-refractivity contribution in [3.63, 3.8) is 0 Å². The Morgan fingerprint density at radius 2 is 1.59 bits per heavy atom. The molecule has 0 saturated carbocycles. The summed E-state index contributed by atoms with van der Waals surface area (Å²) in [5.74, 6) is 0. The Balaban J connectivity index is 1.80. The molecular formula is C27H32N2. The fraction of sp³-hybridized carbons (Fsp3) is 0.296. The van der Waals surface area contributed by atoms with Gasteiger partial charge in [0.25, 0.3) is 0 Å². The zero-order chi connectivity index (χ0) is 20.8. The summed E-state index contributed by atoms with van der Waals surface area (Å²) >= 11 is 0. The molecule has 0 radical (unpaired) electrons. The van der Waals surface area contributed by atoms with Crippen molar-refractivity contribution in [2.24, 2.45) is 4.99 Å². The first-order valence-electron chi connectivity index (χ1n) is 10.5. The van der Waals surface area contributed by atoms with E-state index in [1.807, 2.05) is 13.4 Å². The summed E-state index contributed by atoms with van der Waals surface area (Å²) in [6, 6.07) is 22.2. The topological polar surface area (TPSA) is 15.6 Å². The van der Waals surface area contributed by atoms with Crippen molar-refractivity contribution in [2.45, 2.75) is 40.5 Å². The summed E-state index contributed by atoms with van der Waals surface area (Å²) in [4.78, 5) is 6.73. The second-order valence-corrected chi connectivity index (χ2v) is 7.77. The number of benzene rings is 3. The van der Waals surface area contributed by atoms with E-state index in [2.05, 4.69) is 98.3 Å². The van der Waals surface area contributed by atoms with Crippen LogP contribution in [0.1, 0.15) is 41.7 Å². The molecule has 150 valence electrons. The molecule has 0 aliphatic carbocycles. The van der Waals surface area contributed by atoms with Crippen molar-refractivity contribution in [3.05, 3.63) is 88.5 Å². The second kappa shape index (κ2) is 9.56. The van der Waals surface area contributed by atoms with Crippen LogP contribution in [-0.2, 0) is 12.8 Å². The summed E-state index contributed by atoms with van der Waals surface area (Å²) < 4.78 is 0. The molecule has 0 heterocycles. The first-order valence-corrected chi connectivity index (χ1v) is 10.5. The van der Waals surface area contributed by atoms with E-state index in [1.54, 1.807) is 0 Å². The third-order valence-corrected chi connectivity index (χ3v) is 5.61. The van der Waals surface area contributed by atoms with Gasteiger partial charge in [-0.15, -0.1) is 0 Å². The molecule has 3 aromatic carbocycles. The van der Waals surface area contributed by atoms with Crippen LogP contribution in [0, 0.1) is 13.8 Å². The molecule has 3 rings (SSSR count). The minimum Gasteiger partial charge on any atom is -0.366 e. The minimum absolute atomic E-state index is 0.946. The van der Waals surface area contributed by atoms with Gasteiger partial charge in [-0.25, -0.2) is 4.99 Å². The van der Waals surface area contributed by atoms with E-state index in [-0.39, 0.29) is 0 Å². The molecule has 2 nitrogen and oxygen atoms in total. The number of nitrogens with zero attached hydrogens (tertiary/aromatic N) is 2. The van der Waals surface area contributed by atoms with Crippen LogP contribution in [0.2, 0.25) is 0 Å². The molecule has 0 aromatic heterocycles. The van der Waals surface area contributed by atoms with Gasteiger partial charge in [0.2, 0.25) is 0 Å². The Bertz CT molecular complexity index is 984. The SMILES string of the molecule is CCc1ccccc1-c1ccc(Cc2cc(C)c(N=CN(C)CC)cc2C)cc1. The van der Waals surface area contributed by atoms with Gasteiger partial charge in [-0.3, -0.25) is 0 Å². The summed E-state index contributed by atoms with van der Waals surface area (Å²) in [5.41, 5.74) is 10.3. The van der Waals surface area contributed by atoms with E-state index in [9.17, 15) is 0 Å². The highest BCUT2D eigenvalue weighted by Gasteiger charge is 2.07. The maximum absolute atomic E-state index is 4.65. The van der Waals surface area contributed by atoms with Crippen LogP contribution in [0.5, 0.6) is 0 Å². The van der Waals surface area contributed by atoms with Crippen LogP contribution < -0.4 is 0 Å². The Kier molecular flexibility index (Phi) is 6.87. The van der Waals surface area contributed by atoms with Crippen LogP contribution in [0.25, 0.3) is 11.1 Å². The van der Waals surface area contributed by atoms with Gasteiger partial charge in [0.15, 0.2) is 0 Å². The molecule has 0 atom stereocenters. The van der Waals surface area contributed by atoms with Crippen molar-refractivity contribution in [3.8, 4) is 11.1 Å². The molecule has 29 heavy (non-hydrogen) atoms. The maximum Gasteiger partial charge on any atom is 0.0909 e. The van der Waals surface area contributed by atoms with Gasteiger partial charge >= 0.3 is 0 Å². The summed E-state index contributed by atoms with van der Waals surface area (Å²) in [5, 5.41) is 0. The van der Waals surface area contributed by atoms with Gasteiger partial charge in [-0.1, -0.05) is 61.5 Å². The van der Waals surface area contributed by atoms with Crippen molar-refractivity contribution in [2.75, 3.05) is 13.6 Å². The first kappa shape index (κ1) is 20.9. The maximum atomic E-state index is 4.65. The molecule has 2 heteroatoms. The van der Waals surface area contributed by atoms with E-state index < -0.39 is 0 Å². The lowest BCUT2D eigenvalue weighted by Gasteiger charge is -2.13. The van der Waals surface area contributed by atoms with Gasteiger partial charge < -0.3 is 4.90 Å². The lowest BCUT2D eigenvalue weighted by molar-refractivity contribution is 0.552.